The van der Waals surface area contributed by atoms with E-state index in [0.29, 0.717) is 5.69 Å². The summed E-state index contributed by atoms with van der Waals surface area (Å²) < 4.78 is 11.4. The molecule has 14 heavy (non-hydrogen) atoms. The molecule has 0 saturated carbocycles. The van der Waals surface area contributed by atoms with Gasteiger partial charge in [-0.2, -0.15) is 5.10 Å². The third kappa shape index (κ3) is 1.77. The van der Waals surface area contributed by atoms with Gasteiger partial charge in [0.25, 0.3) is 0 Å². The number of aromatic nitrogens is 2. The molecule has 1 aromatic heterocycles. The smallest absolute Gasteiger partial charge is 0.358 e. The van der Waals surface area contributed by atoms with Crippen molar-refractivity contribution in [2.45, 2.75) is 12.5 Å². The molecule has 1 aliphatic rings. The van der Waals surface area contributed by atoms with Crippen LogP contribution in [0, 0.1) is 0 Å². The first kappa shape index (κ1) is 9.21. The number of hydrogen-bond donors (Lipinski definition) is 0. The normalized spacial score (nSPS) is 19.4. The molecule has 0 N–H and O–H groups in total. The molecule has 76 valence electrons. The highest BCUT2D eigenvalue weighted by Gasteiger charge is 2.27. The molecule has 0 bridgehead atoms. The molecule has 1 fully saturated rings. The van der Waals surface area contributed by atoms with E-state index < -0.39 is 0 Å². The van der Waals surface area contributed by atoms with Gasteiger partial charge in [-0.05, 0) is 0 Å². The summed E-state index contributed by atoms with van der Waals surface area (Å²) in [6.45, 7) is 0.773. The van der Waals surface area contributed by atoms with Crippen molar-refractivity contribution in [3.63, 3.8) is 0 Å². The van der Waals surface area contributed by atoms with Crippen LogP contribution in [0.15, 0.2) is 6.20 Å². The van der Waals surface area contributed by atoms with Gasteiger partial charge in [0.05, 0.1) is 19.8 Å². The third-order valence-electron chi connectivity index (χ3n) is 2.13. The SMILES string of the molecule is COC(=O)c1nn(C)cc1CC1CO1. The van der Waals surface area contributed by atoms with Gasteiger partial charge >= 0.3 is 5.97 Å². The Morgan fingerprint density at radius 1 is 1.86 bits per heavy atom. The number of esters is 1. The summed E-state index contributed by atoms with van der Waals surface area (Å²) in [7, 11) is 3.14. The van der Waals surface area contributed by atoms with Crippen LogP contribution in [0.25, 0.3) is 0 Å². The van der Waals surface area contributed by atoms with E-state index >= 15 is 0 Å². The minimum atomic E-state index is -0.388. The van der Waals surface area contributed by atoms with Gasteiger partial charge in [-0.25, -0.2) is 4.79 Å². The first-order valence-electron chi connectivity index (χ1n) is 4.43. The molecule has 5 heteroatoms. The molecule has 2 rings (SSSR count). The predicted octanol–water partition coefficient (Wildman–Crippen LogP) is 0.148. The van der Waals surface area contributed by atoms with Crippen molar-refractivity contribution in [2.75, 3.05) is 13.7 Å². The number of rotatable bonds is 3. The fourth-order valence-electron chi connectivity index (χ4n) is 1.39. The molecule has 0 amide bonds. The minimum Gasteiger partial charge on any atom is -0.464 e. The lowest BCUT2D eigenvalue weighted by Crippen LogP contribution is -2.07. The lowest BCUT2D eigenvalue weighted by Gasteiger charge is -1.97. The molecule has 0 aliphatic carbocycles. The summed E-state index contributed by atoms with van der Waals surface area (Å²) in [4.78, 5) is 11.3. The Balaban J connectivity index is 2.22. The minimum absolute atomic E-state index is 0.252. The maximum absolute atomic E-state index is 11.3. The van der Waals surface area contributed by atoms with E-state index in [0.717, 1.165) is 18.6 Å². The second-order valence-corrected chi connectivity index (χ2v) is 3.33. The van der Waals surface area contributed by atoms with E-state index in [1.807, 2.05) is 6.20 Å². The van der Waals surface area contributed by atoms with Gasteiger partial charge in [-0.15, -0.1) is 0 Å². The van der Waals surface area contributed by atoms with Crippen molar-refractivity contribution in [1.82, 2.24) is 9.78 Å². The van der Waals surface area contributed by atoms with Crippen LogP contribution in [0.4, 0.5) is 0 Å². The number of carbonyl (C=O) groups is 1. The van der Waals surface area contributed by atoms with Gasteiger partial charge in [0, 0.05) is 25.2 Å². The average Bonchev–Trinajstić information content (AvgIpc) is 2.89. The van der Waals surface area contributed by atoms with Crippen molar-refractivity contribution < 1.29 is 14.3 Å². The largest absolute Gasteiger partial charge is 0.464 e. The number of ether oxygens (including phenoxy) is 2. The zero-order chi connectivity index (χ0) is 10.1. The predicted molar refractivity (Wildman–Crippen MR) is 48.0 cm³/mol. The summed E-state index contributed by atoms with van der Waals surface area (Å²) >= 11 is 0. The maximum atomic E-state index is 11.3. The molecule has 1 atom stereocenters. The van der Waals surface area contributed by atoms with Crippen LogP contribution in [0.3, 0.4) is 0 Å². The standard InChI is InChI=1S/C9H12N2O3/c1-11-4-6(3-7-5-14-7)8(10-11)9(12)13-2/h4,7H,3,5H2,1-2H3. The molecule has 1 saturated heterocycles. The van der Waals surface area contributed by atoms with E-state index in [9.17, 15) is 4.79 Å². The Kier molecular flexibility index (Phi) is 2.25. The number of nitrogens with zero attached hydrogens (tertiary/aromatic N) is 2. The highest BCUT2D eigenvalue weighted by atomic mass is 16.6. The van der Waals surface area contributed by atoms with Crippen LogP contribution in [0.1, 0.15) is 16.1 Å². The second-order valence-electron chi connectivity index (χ2n) is 3.33. The molecule has 0 aromatic carbocycles. The van der Waals surface area contributed by atoms with Crippen molar-refractivity contribution in [3.05, 3.63) is 17.5 Å². The van der Waals surface area contributed by atoms with Gasteiger partial charge in [0.15, 0.2) is 5.69 Å². The van der Waals surface area contributed by atoms with Crippen molar-refractivity contribution in [1.29, 1.82) is 0 Å². The van der Waals surface area contributed by atoms with E-state index in [4.69, 9.17) is 4.74 Å². The van der Waals surface area contributed by atoms with E-state index in [-0.39, 0.29) is 12.1 Å². The molecular weight excluding hydrogens is 184 g/mol. The van der Waals surface area contributed by atoms with Gasteiger partial charge in [-0.1, -0.05) is 0 Å². The average molecular weight is 196 g/mol. The molecule has 0 radical (unpaired) electrons. The van der Waals surface area contributed by atoms with E-state index in [1.165, 1.54) is 7.11 Å². The number of epoxide rings is 1. The first-order chi connectivity index (χ1) is 6.70. The molecule has 2 heterocycles. The second kappa shape index (κ2) is 3.42. The van der Waals surface area contributed by atoms with Crippen molar-refractivity contribution >= 4 is 5.97 Å². The van der Waals surface area contributed by atoms with Crippen molar-refractivity contribution in [2.24, 2.45) is 7.05 Å². The number of methoxy groups -OCH3 is 1. The molecule has 1 aromatic rings. The molecule has 0 spiro atoms. The van der Waals surface area contributed by atoms with Crippen LogP contribution >= 0.6 is 0 Å². The lowest BCUT2D eigenvalue weighted by molar-refractivity contribution is 0.0592. The number of aryl methyl sites for hydroxylation is 1. The number of hydrogen-bond acceptors (Lipinski definition) is 4. The Morgan fingerprint density at radius 3 is 3.14 bits per heavy atom. The van der Waals surface area contributed by atoms with Crippen LogP contribution in [0.2, 0.25) is 0 Å². The summed E-state index contributed by atoms with van der Waals surface area (Å²) in [5, 5.41) is 4.05. The Morgan fingerprint density at radius 2 is 2.57 bits per heavy atom. The summed E-state index contributed by atoms with van der Waals surface area (Å²) in [5.41, 5.74) is 1.28. The monoisotopic (exact) mass is 196 g/mol. The molecule has 1 unspecified atom stereocenters. The van der Waals surface area contributed by atoms with Crippen LogP contribution in [-0.4, -0.2) is 35.6 Å². The zero-order valence-electron chi connectivity index (χ0n) is 8.19. The summed E-state index contributed by atoms with van der Waals surface area (Å²) in [5.74, 6) is -0.388. The van der Waals surface area contributed by atoms with Gasteiger partial charge in [0.2, 0.25) is 0 Å². The fourth-order valence-corrected chi connectivity index (χ4v) is 1.39. The quantitative estimate of drug-likeness (QED) is 0.510. The van der Waals surface area contributed by atoms with Crippen LogP contribution < -0.4 is 0 Å². The Hall–Kier alpha value is -1.36. The van der Waals surface area contributed by atoms with E-state index in [2.05, 4.69) is 9.84 Å². The van der Waals surface area contributed by atoms with Crippen molar-refractivity contribution in [3.8, 4) is 0 Å². The lowest BCUT2D eigenvalue weighted by atomic mass is 10.1. The maximum Gasteiger partial charge on any atom is 0.358 e. The first-order valence-corrected chi connectivity index (χ1v) is 4.43. The van der Waals surface area contributed by atoms with Crippen LogP contribution in [0.5, 0.6) is 0 Å². The topological polar surface area (TPSA) is 56.6 Å². The highest BCUT2D eigenvalue weighted by molar-refractivity contribution is 5.88. The van der Waals surface area contributed by atoms with Gasteiger partial charge < -0.3 is 9.47 Å². The van der Waals surface area contributed by atoms with Crippen LogP contribution in [-0.2, 0) is 22.9 Å². The van der Waals surface area contributed by atoms with Gasteiger partial charge in [0.1, 0.15) is 0 Å². The third-order valence-corrected chi connectivity index (χ3v) is 2.13. The summed E-state index contributed by atoms with van der Waals surface area (Å²) in [6, 6.07) is 0. The highest BCUT2D eigenvalue weighted by Crippen LogP contribution is 2.18. The fraction of sp³-hybridized carbons (Fsp3) is 0.556. The van der Waals surface area contributed by atoms with Gasteiger partial charge in [-0.3, -0.25) is 4.68 Å². The Bertz CT molecular complexity index is 355. The van der Waals surface area contributed by atoms with E-state index in [1.54, 1.807) is 11.7 Å². The summed E-state index contributed by atoms with van der Waals surface area (Å²) in [6.07, 6.45) is 2.81. The number of carbonyl (C=O) groups excluding carboxylic acids is 1. The molecular formula is C9H12N2O3. The molecule has 1 aliphatic heterocycles. The zero-order valence-corrected chi connectivity index (χ0v) is 8.19. The molecule has 5 nitrogen and oxygen atoms in total. The Labute approximate surface area is 81.6 Å².